The Morgan fingerprint density at radius 1 is 1.24 bits per heavy atom. The van der Waals surface area contributed by atoms with Gasteiger partial charge in [-0.1, -0.05) is 17.7 Å². The van der Waals surface area contributed by atoms with Gasteiger partial charge in [0.25, 0.3) is 5.91 Å². The lowest BCUT2D eigenvalue weighted by molar-refractivity contribution is 0.102. The number of nitriles is 1. The van der Waals surface area contributed by atoms with Crippen LogP contribution in [0.15, 0.2) is 30.3 Å². The summed E-state index contributed by atoms with van der Waals surface area (Å²) in [4.78, 5) is 12.0. The summed E-state index contributed by atoms with van der Waals surface area (Å²) in [7, 11) is 0. The van der Waals surface area contributed by atoms with Crippen molar-refractivity contribution in [3.63, 3.8) is 0 Å². The van der Waals surface area contributed by atoms with Crippen LogP contribution in [0, 0.1) is 29.9 Å². The first-order chi connectivity index (χ1) is 9.92. The highest BCUT2D eigenvalue weighted by atomic mass is 35.5. The van der Waals surface area contributed by atoms with Crippen LogP contribution in [-0.2, 0) is 0 Å². The molecule has 0 saturated heterocycles. The van der Waals surface area contributed by atoms with Gasteiger partial charge in [-0.2, -0.15) is 5.26 Å². The van der Waals surface area contributed by atoms with Crippen molar-refractivity contribution in [1.82, 2.24) is 0 Å². The summed E-state index contributed by atoms with van der Waals surface area (Å²) in [6.45, 7) is 1.72. The van der Waals surface area contributed by atoms with Gasteiger partial charge in [0, 0.05) is 5.69 Å². The highest BCUT2D eigenvalue weighted by Gasteiger charge is 2.16. The summed E-state index contributed by atoms with van der Waals surface area (Å²) in [5.41, 5.74) is 0.934. The number of nitrogens with one attached hydrogen (secondary N) is 1. The number of anilines is 1. The Bertz CT molecular complexity index is 769. The highest BCUT2D eigenvalue weighted by Crippen LogP contribution is 2.22. The van der Waals surface area contributed by atoms with E-state index in [9.17, 15) is 13.6 Å². The summed E-state index contributed by atoms with van der Waals surface area (Å²) < 4.78 is 27.0. The summed E-state index contributed by atoms with van der Waals surface area (Å²) in [6, 6.07) is 8.10. The molecule has 0 atom stereocenters. The molecule has 2 aromatic carbocycles. The van der Waals surface area contributed by atoms with E-state index >= 15 is 0 Å². The second-order valence-electron chi connectivity index (χ2n) is 4.34. The van der Waals surface area contributed by atoms with Crippen LogP contribution in [0.4, 0.5) is 14.5 Å². The maximum absolute atomic E-state index is 13.7. The number of halogens is 3. The quantitative estimate of drug-likeness (QED) is 0.851. The lowest BCUT2D eigenvalue weighted by atomic mass is 10.1. The Morgan fingerprint density at radius 2 is 1.95 bits per heavy atom. The van der Waals surface area contributed by atoms with Crippen molar-refractivity contribution in [2.45, 2.75) is 6.92 Å². The van der Waals surface area contributed by atoms with Crippen molar-refractivity contribution < 1.29 is 13.6 Å². The van der Waals surface area contributed by atoms with Crippen LogP contribution in [0.2, 0.25) is 5.02 Å². The second-order valence-corrected chi connectivity index (χ2v) is 4.75. The lowest BCUT2D eigenvalue weighted by Crippen LogP contribution is -2.15. The molecule has 2 rings (SSSR count). The standard InChI is InChI=1S/C15H9ClF2N2O/c1-8-2-3-9(7-19)4-14(8)20-15(21)10-5-13(18)11(16)6-12(10)17/h2-6H,1H3,(H,20,21). The third kappa shape index (κ3) is 3.18. The molecule has 1 amide bonds. The average Bonchev–Trinajstić information content (AvgIpc) is 2.45. The van der Waals surface area contributed by atoms with Crippen molar-refractivity contribution in [3.8, 4) is 6.07 Å². The van der Waals surface area contributed by atoms with E-state index in [4.69, 9.17) is 16.9 Å². The molecular weight excluding hydrogens is 298 g/mol. The Kier molecular flexibility index (Phi) is 4.20. The van der Waals surface area contributed by atoms with E-state index in [1.807, 2.05) is 6.07 Å². The number of benzene rings is 2. The predicted octanol–water partition coefficient (Wildman–Crippen LogP) is 4.05. The van der Waals surface area contributed by atoms with E-state index in [0.29, 0.717) is 16.8 Å². The molecule has 2 aromatic rings. The van der Waals surface area contributed by atoms with Crippen molar-refractivity contribution in [1.29, 1.82) is 5.26 Å². The van der Waals surface area contributed by atoms with E-state index in [2.05, 4.69) is 5.32 Å². The summed E-state index contributed by atoms with van der Waals surface area (Å²) >= 11 is 5.43. The molecule has 0 unspecified atom stereocenters. The zero-order valence-corrected chi connectivity index (χ0v) is 11.6. The summed E-state index contributed by atoms with van der Waals surface area (Å²) in [5.74, 6) is -2.63. The molecule has 0 heterocycles. The van der Waals surface area contributed by atoms with Crippen LogP contribution in [-0.4, -0.2) is 5.91 Å². The SMILES string of the molecule is Cc1ccc(C#N)cc1NC(=O)c1cc(F)c(Cl)cc1F. The zero-order chi connectivity index (χ0) is 15.6. The highest BCUT2D eigenvalue weighted by molar-refractivity contribution is 6.30. The third-order valence-electron chi connectivity index (χ3n) is 2.87. The van der Waals surface area contributed by atoms with Gasteiger partial charge in [0.15, 0.2) is 0 Å². The molecule has 0 aliphatic rings. The molecule has 0 aromatic heterocycles. The number of rotatable bonds is 2. The number of carbonyl (C=O) groups excluding carboxylic acids is 1. The van der Waals surface area contributed by atoms with E-state index in [1.54, 1.807) is 19.1 Å². The number of hydrogen-bond acceptors (Lipinski definition) is 2. The van der Waals surface area contributed by atoms with Crippen LogP contribution in [0.1, 0.15) is 21.5 Å². The second kappa shape index (κ2) is 5.90. The number of hydrogen-bond donors (Lipinski definition) is 1. The van der Waals surface area contributed by atoms with E-state index < -0.39 is 28.1 Å². The van der Waals surface area contributed by atoms with Gasteiger partial charge in [0.2, 0.25) is 0 Å². The average molecular weight is 307 g/mol. The molecular formula is C15H9ClF2N2O. The summed E-state index contributed by atoms with van der Waals surface area (Å²) in [6.07, 6.45) is 0. The molecule has 21 heavy (non-hydrogen) atoms. The number of amides is 1. The van der Waals surface area contributed by atoms with Crippen LogP contribution >= 0.6 is 11.6 Å². The molecule has 1 N–H and O–H groups in total. The number of aryl methyl sites for hydroxylation is 1. The molecule has 0 spiro atoms. The maximum Gasteiger partial charge on any atom is 0.258 e. The van der Waals surface area contributed by atoms with E-state index in [0.717, 1.165) is 12.1 Å². The monoisotopic (exact) mass is 306 g/mol. The number of carbonyl (C=O) groups is 1. The minimum Gasteiger partial charge on any atom is -0.322 e. The third-order valence-corrected chi connectivity index (χ3v) is 3.16. The predicted molar refractivity (Wildman–Crippen MR) is 75.2 cm³/mol. The van der Waals surface area contributed by atoms with Gasteiger partial charge >= 0.3 is 0 Å². The first-order valence-electron chi connectivity index (χ1n) is 5.89. The van der Waals surface area contributed by atoms with Crippen LogP contribution in [0.5, 0.6) is 0 Å². The normalized spacial score (nSPS) is 10.0. The van der Waals surface area contributed by atoms with Crippen molar-refractivity contribution >= 4 is 23.2 Å². The van der Waals surface area contributed by atoms with Gasteiger partial charge < -0.3 is 5.32 Å². The van der Waals surface area contributed by atoms with Gasteiger partial charge in [-0.25, -0.2) is 8.78 Å². The van der Waals surface area contributed by atoms with Crippen LogP contribution in [0.25, 0.3) is 0 Å². The fourth-order valence-electron chi connectivity index (χ4n) is 1.71. The van der Waals surface area contributed by atoms with Gasteiger partial charge in [-0.15, -0.1) is 0 Å². The zero-order valence-electron chi connectivity index (χ0n) is 10.9. The topological polar surface area (TPSA) is 52.9 Å². The first kappa shape index (κ1) is 14.9. The fourth-order valence-corrected chi connectivity index (χ4v) is 1.86. The molecule has 0 aliphatic heterocycles. The molecule has 0 radical (unpaired) electrons. The first-order valence-corrected chi connectivity index (χ1v) is 6.27. The van der Waals surface area contributed by atoms with Crippen LogP contribution < -0.4 is 5.32 Å². The Labute approximate surface area is 124 Å². The minimum atomic E-state index is -0.923. The smallest absolute Gasteiger partial charge is 0.258 e. The molecule has 3 nitrogen and oxygen atoms in total. The molecule has 0 bridgehead atoms. The molecule has 6 heteroatoms. The largest absolute Gasteiger partial charge is 0.322 e. The Hall–Kier alpha value is -2.45. The fraction of sp³-hybridized carbons (Fsp3) is 0.0667. The Balaban J connectivity index is 2.35. The lowest BCUT2D eigenvalue weighted by Gasteiger charge is -2.10. The van der Waals surface area contributed by atoms with Gasteiger partial charge in [-0.3, -0.25) is 4.79 Å². The molecule has 0 saturated carbocycles. The van der Waals surface area contributed by atoms with Crippen molar-refractivity contribution in [2.24, 2.45) is 0 Å². The number of nitrogens with zero attached hydrogens (tertiary/aromatic N) is 1. The molecule has 106 valence electrons. The molecule has 0 fully saturated rings. The minimum absolute atomic E-state index is 0.346. The van der Waals surface area contributed by atoms with Gasteiger partial charge in [0.05, 0.1) is 22.2 Å². The van der Waals surface area contributed by atoms with E-state index in [-0.39, 0.29) is 0 Å². The van der Waals surface area contributed by atoms with Crippen LogP contribution in [0.3, 0.4) is 0 Å². The Morgan fingerprint density at radius 3 is 2.62 bits per heavy atom. The maximum atomic E-state index is 13.7. The van der Waals surface area contributed by atoms with Gasteiger partial charge in [-0.05, 0) is 36.8 Å². The summed E-state index contributed by atoms with van der Waals surface area (Å²) in [5, 5.41) is 10.9. The van der Waals surface area contributed by atoms with Gasteiger partial charge in [0.1, 0.15) is 11.6 Å². The van der Waals surface area contributed by atoms with Crippen molar-refractivity contribution in [3.05, 3.63) is 63.7 Å². The molecule has 0 aliphatic carbocycles. The van der Waals surface area contributed by atoms with E-state index in [1.165, 1.54) is 6.07 Å². The van der Waals surface area contributed by atoms with Crippen molar-refractivity contribution in [2.75, 3.05) is 5.32 Å².